The molecule has 0 spiro atoms. The maximum atomic E-state index is 10.7. The van der Waals surface area contributed by atoms with Crippen molar-refractivity contribution in [3.63, 3.8) is 0 Å². The smallest absolute Gasteiger partial charge is 0.355 e. The molecule has 1 aromatic rings. The molecular formula is C11H15N3O2S. The largest absolute Gasteiger partial charge is 0.476 e. The lowest BCUT2D eigenvalue weighted by molar-refractivity contribution is 0.0691. The predicted octanol–water partition coefficient (Wildman–Crippen LogP) is 2.82. The summed E-state index contributed by atoms with van der Waals surface area (Å²) in [4.78, 5) is 14.6. The van der Waals surface area contributed by atoms with Gasteiger partial charge in [0, 0.05) is 11.1 Å². The van der Waals surface area contributed by atoms with Crippen molar-refractivity contribution < 1.29 is 9.90 Å². The van der Waals surface area contributed by atoms with Crippen molar-refractivity contribution in [3.05, 3.63) is 11.1 Å². The molecule has 6 heteroatoms. The third kappa shape index (κ3) is 3.03. The van der Waals surface area contributed by atoms with Gasteiger partial charge in [-0.1, -0.05) is 13.3 Å². The number of carboxylic acid groups (broad SMARTS) is 1. The van der Waals surface area contributed by atoms with Crippen molar-refractivity contribution in [2.75, 3.05) is 5.43 Å². The van der Waals surface area contributed by atoms with Crippen molar-refractivity contribution in [1.29, 1.82) is 0 Å². The minimum absolute atomic E-state index is 0.0643. The molecular weight excluding hydrogens is 238 g/mol. The van der Waals surface area contributed by atoms with E-state index >= 15 is 0 Å². The first-order chi connectivity index (χ1) is 8.16. The van der Waals surface area contributed by atoms with E-state index in [9.17, 15) is 4.79 Å². The number of carboxylic acids is 1. The molecule has 0 bridgehead atoms. The summed E-state index contributed by atoms with van der Waals surface area (Å²) >= 11 is 1.26. The number of rotatable bonds is 3. The molecule has 1 heterocycles. The highest BCUT2D eigenvalue weighted by atomic mass is 32.1. The van der Waals surface area contributed by atoms with E-state index in [2.05, 4.69) is 22.4 Å². The van der Waals surface area contributed by atoms with Crippen LogP contribution < -0.4 is 5.43 Å². The first kappa shape index (κ1) is 12.0. The number of nitrogens with zero attached hydrogens (tertiary/aromatic N) is 2. The van der Waals surface area contributed by atoms with Crippen LogP contribution in [0.5, 0.6) is 0 Å². The average molecular weight is 253 g/mol. The number of anilines is 1. The molecule has 1 unspecified atom stereocenters. The zero-order chi connectivity index (χ0) is 12.3. The van der Waals surface area contributed by atoms with Crippen molar-refractivity contribution in [1.82, 2.24) is 4.98 Å². The number of hydrogen-bond donors (Lipinski definition) is 2. The van der Waals surface area contributed by atoms with Crippen LogP contribution in [0.2, 0.25) is 0 Å². The summed E-state index contributed by atoms with van der Waals surface area (Å²) in [7, 11) is 0. The van der Waals surface area contributed by atoms with Crippen molar-refractivity contribution >= 4 is 28.1 Å². The molecule has 5 nitrogen and oxygen atoms in total. The number of aromatic carboxylic acids is 1. The van der Waals surface area contributed by atoms with Crippen molar-refractivity contribution in [2.45, 2.75) is 32.6 Å². The Bertz CT molecular complexity index is 442. The van der Waals surface area contributed by atoms with E-state index in [1.807, 2.05) is 0 Å². The second kappa shape index (κ2) is 5.27. The Morgan fingerprint density at radius 1 is 1.65 bits per heavy atom. The van der Waals surface area contributed by atoms with Gasteiger partial charge in [0.2, 0.25) is 5.13 Å². The number of hydrazone groups is 1. The maximum Gasteiger partial charge on any atom is 0.355 e. The molecule has 0 radical (unpaired) electrons. The number of carbonyl (C=O) groups is 1. The molecule has 92 valence electrons. The van der Waals surface area contributed by atoms with Gasteiger partial charge in [-0.25, -0.2) is 9.78 Å². The summed E-state index contributed by atoms with van der Waals surface area (Å²) in [5.41, 5.74) is 4.07. The molecule has 0 saturated heterocycles. The number of aromatic nitrogens is 1. The lowest BCUT2D eigenvalue weighted by Gasteiger charge is -2.19. The molecule has 1 aromatic heterocycles. The van der Waals surface area contributed by atoms with Gasteiger partial charge < -0.3 is 5.11 Å². The first-order valence-corrected chi connectivity index (χ1v) is 6.56. The summed E-state index contributed by atoms with van der Waals surface area (Å²) < 4.78 is 0. The zero-order valence-electron chi connectivity index (χ0n) is 9.64. The minimum Gasteiger partial charge on any atom is -0.476 e. The van der Waals surface area contributed by atoms with Crippen LogP contribution in [0.3, 0.4) is 0 Å². The summed E-state index contributed by atoms with van der Waals surface area (Å²) in [6.45, 7) is 2.17. The Morgan fingerprint density at radius 2 is 2.47 bits per heavy atom. The third-order valence-electron chi connectivity index (χ3n) is 2.91. The highest BCUT2D eigenvalue weighted by Gasteiger charge is 2.16. The highest BCUT2D eigenvalue weighted by molar-refractivity contribution is 7.13. The molecule has 1 atom stereocenters. The van der Waals surface area contributed by atoms with E-state index in [1.54, 1.807) is 0 Å². The average Bonchev–Trinajstić information content (AvgIpc) is 2.77. The molecule has 2 rings (SSSR count). The molecule has 1 fully saturated rings. The third-order valence-corrected chi connectivity index (χ3v) is 3.65. The predicted molar refractivity (Wildman–Crippen MR) is 67.8 cm³/mol. The van der Waals surface area contributed by atoms with E-state index in [-0.39, 0.29) is 5.69 Å². The van der Waals surface area contributed by atoms with Gasteiger partial charge in [0.15, 0.2) is 5.69 Å². The Labute approximate surface area is 104 Å². The second-order valence-electron chi connectivity index (χ2n) is 4.20. The van der Waals surface area contributed by atoms with Crippen LogP contribution in [0, 0.1) is 5.92 Å². The maximum absolute atomic E-state index is 10.7. The van der Waals surface area contributed by atoms with Crippen molar-refractivity contribution in [2.24, 2.45) is 11.0 Å². The second-order valence-corrected chi connectivity index (χ2v) is 5.06. The quantitative estimate of drug-likeness (QED) is 0.812. The lowest BCUT2D eigenvalue weighted by Crippen LogP contribution is -2.17. The van der Waals surface area contributed by atoms with Gasteiger partial charge in [0.05, 0.1) is 0 Å². The molecule has 0 aliphatic heterocycles. The first-order valence-electron chi connectivity index (χ1n) is 5.68. The van der Waals surface area contributed by atoms with Crippen LogP contribution in [0.25, 0.3) is 0 Å². The van der Waals surface area contributed by atoms with Crippen LogP contribution in [-0.2, 0) is 0 Å². The monoisotopic (exact) mass is 253 g/mol. The Hall–Kier alpha value is -1.43. The van der Waals surface area contributed by atoms with E-state index < -0.39 is 5.97 Å². The van der Waals surface area contributed by atoms with E-state index in [0.29, 0.717) is 11.0 Å². The number of hydrogen-bond acceptors (Lipinski definition) is 5. The Kier molecular flexibility index (Phi) is 3.73. The van der Waals surface area contributed by atoms with Crippen LogP contribution in [0.1, 0.15) is 43.1 Å². The Morgan fingerprint density at radius 3 is 3.12 bits per heavy atom. The number of thiazole rings is 1. The lowest BCUT2D eigenvalue weighted by atomic mass is 9.89. The van der Waals surface area contributed by atoms with Gasteiger partial charge in [-0.15, -0.1) is 11.3 Å². The van der Waals surface area contributed by atoms with Crippen LogP contribution >= 0.6 is 11.3 Å². The van der Waals surface area contributed by atoms with Crippen LogP contribution in [0.4, 0.5) is 5.13 Å². The van der Waals surface area contributed by atoms with Gasteiger partial charge in [0.25, 0.3) is 0 Å². The van der Waals surface area contributed by atoms with Crippen molar-refractivity contribution in [3.8, 4) is 0 Å². The van der Waals surface area contributed by atoms with E-state index in [0.717, 1.165) is 12.1 Å². The molecule has 1 aliphatic rings. The fourth-order valence-corrected chi connectivity index (χ4v) is 2.50. The van der Waals surface area contributed by atoms with Gasteiger partial charge in [-0.2, -0.15) is 5.10 Å². The standard InChI is InChI=1S/C11H15N3O2S/c1-7-4-2-3-5-8(7)13-14-11-12-9(6-17-11)10(15)16/h6-7H,2-5H2,1H3,(H,12,14)(H,15,16)/b13-8+. The van der Waals surface area contributed by atoms with Gasteiger partial charge in [0.1, 0.15) is 0 Å². The molecule has 1 aliphatic carbocycles. The summed E-state index contributed by atoms with van der Waals surface area (Å²) in [5.74, 6) is -0.497. The fraction of sp³-hybridized carbons (Fsp3) is 0.545. The van der Waals surface area contributed by atoms with E-state index in [1.165, 1.54) is 36.0 Å². The molecule has 0 aromatic carbocycles. The zero-order valence-corrected chi connectivity index (χ0v) is 10.5. The fourth-order valence-electron chi connectivity index (χ4n) is 1.88. The SMILES string of the molecule is CC1CCCC/C1=N\Nc1nc(C(=O)O)cs1. The Balaban J connectivity index is 2.00. The molecule has 1 saturated carbocycles. The van der Waals surface area contributed by atoms with Gasteiger partial charge in [-0.3, -0.25) is 5.43 Å². The highest BCUT2D eigenvalue weighted by Crippen LogP contribution is 2.22. The van der Waals surface area contributed by atoms with Gasteiger partial charge in [-0.05, 0) is 25.2 Å². The molecule has 2 N–H and O–H groups in total. The molecule has 17 heavy (non-hydrogen) atoms. The van der Waals surface area contributed by atoms with E-state index in [4.69, 9.17) is 5.11 Å². The number of nitrogens with one attached hydrogen (secondary N) is 1. The summed E-state index contributed by atoms with van der Waals surface area (Å²) in [6.07, 6.45) is 4.65. The normalized spacial score (nSPS) is 22.6. The summed E-state index contributed by atoms with van der Waals surface area (Å²) in [5, 5.41) is 15.1. The van der Waals surface area contributed by atoms with Gasteiger partial charge >= 0.3 is 5.97 Å². The summed E-state index contributed by atoms with van der Waals surface area (Å²) in [6, 6.07) is 0. The van der Waals surface area contributed by atoms with Crippen LogP contribution in [-0.4, -0.2) is 21.8 Å². The molecule has 0 amide bonds. The van der Waals surface area contributed by atoms with Crippen LogP contribution in [0.15, 0.2) is 10.5 Å². The topological polar surface area (TPSA) is 74.6 Å². The minimum atomic E-state index is -1.01.